The Bertz CT molecular complexity index is 351. The van der Waals surface area contributed by atoms with E-state index in [1.54, 1.807) is 0 Å². The molecule has 3 heteroatoms. The zero-order valence-corrected chi connectivity index (χ0v) is 21.6. The molecule has 3 atom stereocenters. The predicted molar refractivity (Wildman–Crippen MR) is 135 cm³/mol. The average molecular weight is 431 g/mol. The van der Waals surface area contributed by atoms with Crippen molar-refractivity contribution in [2.24, 2.45) is 17.8 Å². The summed E-state index contributed by atoms with van der Waals surface area (Å²) in [6.45, 7) is 13.8. The molecule has 3 unspecified atom stereocenters. The van der Waals surface area contributed by atoms with Crippen LogP contribution in [-0.4, -0.2) is 34.1 Å². The number of carboxylic acid groups (broad SMARTS) is 1. The normalized spacial score (nSPS) is 18.0. The highest BCUT2D eigenvalue weighted by Crippen LogP contribution is 2.55. The van der Waals surface area contributed by atoms with Crippen molar-refractivity contribution in [2.45, 2.75) is 119 Å². The summed E-state index contributed by atoms with van der Waals surface area (Å²) in [5.74, 6) is 5.70. The third kappa shape index (κ3) is 13.0. The Hall–Kier alpha value is -0.180. The molecule has 0 bridgehead atoms. The third-order valence-corrected chi connectivity index (χ3v) is 11.2. The highest BCUT2D eigenvalue weighted by Gasteiger charge is 2.34. The van der Waals surface area contributed by atoms with Crippen LogP contribution in [0.25, 0.3) is 0 Å². The lowest BCUT2D eigenvalue weighted by atomic mass is 10.0. The van der Waals surface area contributed by atoms with Crippen molar-refractivity contribution < 1.29 is 9.90 Å². The molecule has 0 spiro atoms. The lowest BCUT2D eigenvalue weighted by Crippen LogP contribution is -2.31. The maximum atomic E-state index is 12.1. The van der Waals surface area contributed by atoms with E-state index < -0.39 is 16.0 Å². The molecular formula is C26H54O2S. The Kier molecular flexibility index (Phi) is 17.4. The van der Waals surface area contributed by atoms with E-state index in [2.05, 4.69) is 41.5 Å². The number of hydrogen-bond acceptors (Lipinski definition) is 1. The van der Waals surface area contributed by atoms with E-state index in [1.165, 1.54) is 94.3 Å². The van der Waals surface area contributed by atoms with Crippen molar-refractivity contribution in [3.8, 4) is 0 Å². The number of unbranched alkanes of at least 4 members (excludes halogenated alkanes) is 3. The van der Waals surface area contributed by atoms with E-state index in [0.29, 0.717) is 5.75 Å². The minimum atomic E-state index is -1.12. The molecule has 1 N–H and O–H groups in total. The van der Waals surface area contributed by atoms with Gasteiger partial charge in [0, 0.05) is 0 Å². The molecule has 0 radical (unpaired) electrons. The van der Waals surface area contributed by atoms with Gasteiger partial charge in [-0.3, -0.25) is 4.79 Å². The molecule has 29 heavy (non-hydrogen) atoms. The van der Waals surface area contributed by atoms with Crippen LogP contribution >= 0.6 is 10.0 Å². The van der Waals surface area contributed by atoms with Gasteiger partial charge in [0.05, 0.1) is 5.75 Å². The number of rotatable bonds is 20. The summed E-state index contributed by atoms with van der Waals surface area (Å²) in [4.78, 5) is 12.1. The number of carbonyl (C=O) groups is 1. The zero-order valence-electron chi connectivity index (χ0n) is 20.8. The van der Waals surface area contributed by atoms with Crippen LogP contribution in [0.4, 0.5) is 0 Å². The van der Waals surface area contributed by atoms with E-state index in [0.717, 1.165) is 17.8 Å². The lowest BCUT2D eigenvalue weighted by molar-refractivity contribution is -0.134. The summed E-state index contributed by atoms with van der Waals surface area (Å²) in [5.41, 5.74) is 0. The smallest absolute Gasteiger partial charge is 0.311 e. The lowest BCUT2D eigenvalue weighted by Gasteiger charge is -2.46. The fraction of sp³-hybridized carbons (Fsp3) is 0.962. The quantitative estimate of drug-likeness (QED) is 0.210. The predicted octanol–water partition coefficient (Wildman–Crippen LogP) is 8.52. The largest absolute Gasteiger partial charge is 0.481 e. The Morgan fingerprint density at radius 1 is 0.655 bits per heavy atom. The molecule has 0 fully saturated rings. The fourth-order valence-electron chi connectivity index (χ4n) is 4.84. The Morgan fingerprint density at radius 3 is 1.17 bits per heavy atom. The molecule has 0 amide bonds. The monoisotopic (exact) mass is 430 g/mol. The molecule has 0 aromatic rings. The first-order valence-corrected chi connectivity index (χ1v) is 15.2. The molecule has 176 valence electrons. The summed E-state index contributed by atoms with van der Waals surface area (Å²) in [6, 6.07) is 0. The molecule has 0 aliphatic rings. The average Bonchev–Trinajstić information content (AvgIpc) is 2.70. The maximum absolute atomic E-state index is 12.1. The van der Waals surface area contributed by atoms with E-state index in [-0.39, 0.29) is 0 Å². The van der Waals surface area contributed by atoms with Crippen LogP contribution in [-0.2, 0) is 4.79 Å². The number of aliphatic carboxylic acids is 1. The summed E-state index contributed by atoms with van der Waals surface area (Å²) >= 11 is 0. The summed E-state index contributed by atoms with van der Waals surface area (Å²) in [5, 5.41) is 9.95. The maximum Gasteiger partial charge on any atom is 0.311 e. The van der Waals surface area contributed by atoms with E-state index >= 15 is 0 Å². The Balaban J connectivity index is 5.73. The van der Waals surface area contributed by atoms with Gasteiger partial charge in [-0.15, -0.1) is 0 Å². The molecule has 0 heterocycles. The molecule has 0 aliphatic heterocycles. The van der Waals surface area contributed by atoms with Gasteiger partial charge in [0.25, 0.3) is 0 Å². The zero-order chi connectivity index (χ0) is 22.1. The first-order chi connectivity index (χ1) is 13.9. The van der Waals surface area contributed by atoms with Crippen LogP contribution in [0.3, 0.4) is 0 Å². The van der Waals surface area contributed by atoms with E-state index in [9.17, 15) is 9.90 Å². The fourth-order valence-corrected chi connectivity index (χ4v) is 10.3. The summed E-state index contributed by atoms with van der Waals surface area (Å²) in [6.07, 6.45) is 15.1. The molecule has 0 saturated carbocycles. The molecule has 0 saturated heterocycles. The van der Waals surface area contributed by atoms with Gasteiger partial charge < -0.3 is 5.11 Å². The molecule has 0 aromatic carbocycles. The highest BCUT2D eigenvalue weighted by molar-refractivity contribution is 8.34. The van der Waals surface area contributed by atoms with Crippen molar-refractivity contribution in [1.29, 1.82) is 0 Å². The minimum absolute atomic E-state index is 0.459. The second-order valence-corrected chi connectivity index (χ2v) is 13.3. The minimum Gasteiger partial charge on any atom is -0.481 e. The first kappa shape index (κ1) is 28.8. The number of carboxylic acids is 1. The molecule has 0 rings (SSSR count). The van der Waals surface area contributed by atoms with Gasteiger partial charge in [-0.1, -0.05) is 99.3 Å². The van der Waals surface area contributed by atoms with Gasteiger partial charge in [-0.25, -0.2) is 10.0 Å². The number of hydrogen-bond donors (Lipinski definition) is 1. The van der Waals surface area contributed by atoms with E-state index in [4.69, 9.17) is 0 Å². The molecule has 0 aromatic heterocycles. The standard InChI is InChI=1S/C26H54O2S/c1-7-13-16-23(10-4)19-29(22-26(27)28,20-24(11-5)17-14-8-2)21-25(12-6)18-15-9-3/h23-25H,7-22H2,1-6H3,(H,27,28). The summed E-state index contributed by atoms with van der Waals surface area (Å²) < 4.78 is 0. The molecular weight excluding hydrogens is 376 g/mol. The van der Waals surface area contributed by atoms with Crippen molar-refractivity contribution in [1.82, 2.24) is 0 Å². The molecule has 0 aliphatic carbocycles. The SMILES string of the molecule is CCCCC(CC)CS(CC(=O)O)(CC(CC)CCCC)CC(CC)CCCC. The van der Waals surface area contributed by atoms with Crippen LogP contribution in [0, 0.1) is 17.8 Å². The van der Waals surface area contributed by atoms with Gasteiger partial charge in [-0.05, 0) is 54.3 Å². The van der Waals surface area contributed by atoms with Gasteiger partial charge in [-0.2, -0.15) is 0 Å². The van der Waals surface area contributed by atoms with Crippen LogP contribution in [0.2, 0.25) is 0 Å². The second-order valence-electron chi connectivity index (χ2n) is 9.51. The van der Waals surface area contributed by atoms with E-state index in [1.807, 2.05) is 0 Å². The second kappa shape index (κ2) is 17.5. The van der Waals surface area contributed by atoms with Crippen LogP contribution in [0.15, 0.2) is 0 Å². The third-order valence-electron chi connectivity index (χ3n) is 6.83. The Morgan fingerprint density at radius 2 is 0.966 bits per heavy atom. The van der Waals surface area contributed by atoms with Gasteiger partial charge in [0.15, 0.2) is 0 Å². The van der Waals surface area contributed by atoms with Gasteiger partial charge in [0.2, 0.25) is 0 Å². The molecule has 2 nitrogen and oxygen atoms in total. The summed E-state index contributed by atoms with van der Waals surface area (Å²) in [7, 11) is -1.12. The highest BCUT2D eigenvalue weighted by atomic mass is 32.3. The van der Waals surface area contributed by atoms with Crippen molar-refractivity contribution >= 4 is 16.0 Å². The van der Waals surface area contributed by atoms with Gasteiger partial charge >= 0.3 is 5.97 Å². The van der Waals surface area contributed by atoms with Crippen LogP contribution in [0.5, 0.6) is 0 Å². The first-order valence-electron chi connectivity index (χ1n) is 12.9. The van der Waals surface area contributed by atoms with Crippen LogP contribution < -0.4 is 0 Å². The van der Waals surface area contributed by atoms with Crippen molar-refractivity contribution in [2.75, 3.05) is 23.0 Å². The Labute approximate surface area is 185 Å². The van der Waals surface area contributed by atoms with Gasteiger partial charge in [0.1, 0.15) is 0 Å². The topological polar surface area (TPSA) is 37.3 Å². The van der Waals surface area contributed by atoms with Crippen molar-refractivity contribution in [3.63, 3.8) is 0 Å². The van der Waals surface area contributed by atoms with Crippen LogP contribution in [0.1, 0.15) is 119 Å². The van der Waals surface area contributed by atoms with Crippen molar-refractivity contribution in [3.05, 3.63) is 0 Å².